The highest BCUT2D eigenvalue weighted by Gasteiger charge is 2.59. The number of hydrogen-bond donors (Lipinski definition) is 7. The Hall–Kier alpha value is -7.93. The molecule has 5 aromatic heterocycles. The van der Waals surface area contributed by atoms with E-state index in [0.29, 0.717) is 22.9 Å². The fourth-order valence-corrected chi connectivity index (χ4v) is 8.91. The maximum atomic E-state index is 13.0. The highest BCUT2D eigenvalue weighted by atomic mass is 19.4. The largest absolute Gasteiger partial charge is 0.497 e. The second-order valence-corrected chi connectivity index (χ2v) is 18.8. The Balaban J connectivity index is 0.000000157. The van der Waals surface area contributed by atoms with Crippen molar-refractivity contribution in [1.29, 1.82) is 0 Å². The molecular weight excluding hydrogens is 1000 g/mol. The summed E-state index contributed by atoms with van der Waals surface area (Å²) < 4.78 is 84.0. The number of methoxy groups -OCH3 is 1. The van der Waals surface area contributed by atoms with Crippen molar-refractivity contribution in [2.24, 2.45) is 12.8 Å². The molecule has 0 fully saturated rings. The lowest BCUT2D eigenvalue weighted by molar-refractivity contribution is -0.254. The molecule has 3 unspecified atom stereocenters. The monoisotopic (exact) mass is 1060 g/mol. The molecule has 0 aliphatic rings. The van der Waals surface area contributed by atoms with Crippen molar-refractivity contribution < 1.29 is 55.7 Å². The van der Waals surface area contributed by atoms with E-state index in [4.69, 9.17) is 15.6 Å². The summed E-state index contributed by atoms with van der Waals surface area (Å²) in [5, 5.41) is 22.8. The number of nitrogens with one attached hydrogen (secondary N) is 4. The minimum Gasteiger partial charge on any atom is -0.497 e. The molecule has 3 atom stereocenters. The molecule has 0 radical (unpaired) electrons. The number of rotatable bonds is 9. The average Bonchev–Trinajstić information content (AvgIpc) is 4.24. The van der Waals surface area contributed by atoms with Crippen LogP contribution < -0.4 is 10.5 Å². The predicted molar refractivity (Wildman–Crippen MR) is 290 cm³/mol. The maximum absolute atomic E-state index is 13.0. The van der Waals surface area contributed by atoms with Crippen LogP contribution >= 0.6 is 0 Å². The van der Waals surface area contributed by atoms with Gasteiger partial charge in [0.05, 0.1) is 25.7 Å². The smallest absolute Gasteiger partial charge is 0.428 e. The van der Waals surface area contributed by atoms with Gasteiger partial charge in [-0.15, -0.1) is 0 Å². The minimum atomic E-state index is -5.07. The maximum Gasteiger partial charge on any atom is 0.428 e. The number of aliphatic hydroxyl groups excluding tert-OH is 1. The molecule has 0 bridgehead atoms. The van der Waals surface area contributed by atoms with E-state index in [9.17, 15) is 45.8 Å². The lowest BCUT2D eigenvalue weighted by Crippen LogP contribution is -2.48. The third-order valence-corrected chi connectivity index (χ3v) is 13.5. The number of Topliss-reactive ketones (excluding diaryl/α,β-unsaturated/α-hetero) is 3. The minimum absolute atomic E-state index is 0.00208. The Morgan fingerprint density at radius 3 is 1.88 bits per heavy atom. The standard InChI is InChI=1S/C13H16N2O2.C12H10F3NO2.C12H12F3N.C12H13NO.C10H11NO/c1-8(16)12(14)5-9-7-15-13-4-3-10(17-2)6-11(9)13;1-7(17)11(18,12(13,14)15)9-6-16-10-5-3-2-4-8(9)10;1-7-3-4-11-9(5-7)10(6-16-11)8(2)12(13,14)15;1-8-12(9(2)14)10-6-4-5-7-11(10)13(8)3;1-7-5-11-10-3-2-8(6-12)4-9(7)10/h3-4,6-7,12,15H,5,14H2,1-2H3;2-6,16,18H,1H3;3-6,8,16H,1-2H3;4-7H,1-3H3;2-5,11-12H,6H2,1H3. The van der Waals surface area contributed by atoms with Gasteiger partial charge in [-0.2, -0.15) is 26.3 Å². The molecule has 0 saturated heterocycles. The average molecular weight is 1070 g/mol. The van der Waals surface area contributed by atoms with Gasteiger partial charge in [0.25, 0.3) is 0 Å². The van der Waals surface area contributed by atoms with E-state index < -0.39 is 41.3 Å². The number of nitrogens with zero attached hydrogens (tertiary/aromatic N) is 1. The number of aromatic nitrogens is 5. The van der Waals surface area contributed by atoms with Gasteiger partial charge in [-0.25, -0.2) is 0 Å². The van der Waals surface area contributed by atoms with Crippen molar-refractivity contribution in [3.63, 3.8) is 0 Å². The molecule has 0 saturated carbocycles. The second kappa shape index (κ2) is 24.0. The SMILES string of the molecule is CC(=O)C(O)(c1c[nH]c2ccccc12)C(F)(F)F.CC(=O)c1c(C)n(C)c2ccccc12.COc1ccc2[nH]cc(CC(N)C(C)=O)c2c1.Cc1c[nH]c2ccc(CO)cc12.Cc1ccc2[nH]cc(C(C)C(F)(F)F)c2c1. The molecule has 77 heavy (non-hydrogen) atoms. The number of aryl methyl sites for hydroxylation is 3. The van der Waals surface area contributed by atoms with Gasteiger partial charge < -0.3 is 45.2 Å². The molecule has 18 heteroatoms. The number of aromatic amines is 4. The number of aliphatic hydroxyl groups is 2. The van der Waals surface area contributed by atoms with Crippen LogP contribution in [0.5, 0.6) is 5.75 Å². The Morgan fingerprint density at radius 2 is 1.26 bits per heavy atom. The molecule has 0 aliphatic heterocycles. The molecule has 12 nitrogen and oxygen atoms in total. The summed E-state index contributed by atoms with van der Waals surface area (Å²) in [4.78, 5) is 45.7. The fourth-order valence-electron chi connectivity index (χ4n) is 8.91. The number of benzene rings is 5. The first-order valence-electron chi connectivity index (χ1n) is 24.4. The number of carbonyl (C=O) groups excluding carboxylic acids is 3. The van der Waals surface area contributed by atoms with Crippen LogP contribution in [0, 0.1) is 20.8 Å². The molecule has 5 aromatic carbocycles. The van der Waals surface area contributed by atoms with Gasteiger partial charge in [-0.1, -0.05) is 54.1 Å². The van der Waals surface area contributed by atoms with Gasteiger partial charge in [0, 0.05) is 103 Å². The van der Waals surface area contributed by atoms with E-state index in [1.165, 1.54) is 43.1 Å². The van der Waals surface area contributed by atoms with Gasteiger partial charge in [0.15, 0.2) is 11.6 Å². The van der Waals surface area contributed by atoms with E-state index in [-0.39, 0.29) is 23.6 Å². The topological polar surface area (TPSA) is 195 Å². The Bertz CT molecular complexity index is 3690. The van der Waals surface area contributed by atoms with Gasteiger partial charge in [0.2, 0.25) is 5.60 Å². The van der Waals surface area contributed by atoms with Crippen LogP contribution in [-0.4, -0.2) is 77.6 Å². The number of halogens is 6. The van der Waals surface area contributed by atoms with E-state index >= 15 is 0 Å². The number of nitrogens with two attached hydrogens (primary N) is 1. The summed E-state index contributed by atoms with van der Waals surface area (Å²) in [6, 6.07) is 30.9. The van der Waals surface area contributed by atoms with E-state index in [2.05, 4.69) is 31.4 Å². The first kappa shape index (κ1) is 58.3. The van der Waals surface area contributed by atoms with Crippen molar-refractivity contribution in [2.45, 2.75) is 91.4 Å². The third-order valence-electron chi connectivity index (χ3n) is 13.5. The van der Waals surface area contributed by atoms with Crippen LogP contribution in [0.15, 0.2) is 128 Å². The van der Waals surface area contributed by atoms with Gasteiger partial charge in [0.1, 0.15) is 11.5 Å². The van der Waals surface area contributed by atoms with Crippen LogP contribution in [0.3, 0.4) is 0 Å². The van der Waals surface area contributed by atoms with Gasteiger partial charge in [-0.3, -0.25) is 14.4 Å². The molecular formula is C59H62F6N6O6. The van der Waals surface area contributed by atoms with E-state index in [1.54, 1.807) is 38.3 Å². The second-order valence-electron chi connectivity index (χ2n) is 18.8. The van der Waals surface area contributed by atoms with Crippen molar-refractivity contribution in [3.05, 3.63) is 173 Å². The molecule has 0 amide bonds. The summed E-state index contributed by atoms with van der Waals surface area (Å²) in [5.74, 6) is -1.86. The zero-order valence-corrected chi connectivity index (χ0v) is 44.0. The van der Waals surface area contributed by atoms with Crippen molar-refractivity contribution in [2.75, 3.05) is 7.11 Å². The Labute approximate surface area is 440 Å². The van der Waals surface area contributed by atoms with E-state index in [1.807, 2.05) is 100 Å². The molecule has 5 heterocycles. The lowest BCUT2D eigenvalue weighted by atomic mass is 9.89. The third kappa shape index (κ3) is 12.8. The molecule has 0 spiro atoms. The lowest BCUT2D eigenvalue weighted by Gasteiger charge is -2.27. The zero-order chi connectivity index (χ0) is 56.7. The molecule has 10 aromatic rings. The predicted octanol–water partition coefficient (Wildman–Crippen LogP) is 12.9. The number of hydrogen-bond acceptors (Lipinski definition) is 7. The zero-order valence-electron chi connectivity index (χ0n) is 44.0. The molecule has 8 N–H and O–H groups in total. The number of ketones is 3. The summed E-state index contributed by atoms with van der Waals surface area (Å²) in [5.41, 5.74) is 12.7. The summed E-state index contributed by atoms with van der Waals surface area (Å²) in [6.07, 6.45) is -2.38. The highest BCUT2D eigenvalue weighted by Crippen LogP contribution is 2.43. The Kier molecular flexibility index (Phi) is 18.1. The molecule has 10 rings (SSSR count). The van der Waals surface area contributed by atoms with Crippen molar-refractivity contribution in [3.8, 4) is 5.75 Å². The molecule has 0 aliphatic carbocycles. The van der Waals surface area contributed by atoms with Crippen molar-refractivity contribution in [1.82, 2.24) is 24.5 Å². The van der Waals surface area contributed by atoms with E-state index in [0.717, 1.165) is 79.7 Å². The van der Waals surface area contributed by atoms with Crippen LogP contribution in [0.2, 0.25) is 0 Å². The van der Waals surface area contributed by atoms with Gasteiger partial charge >= 0.3 is 12.4 Å². The molecule has 406 valence electrons. The van der Waals surface area contributed by atoms with Crippen LogP contribution in [0.4, 0.5) is 26.3 Å². The number of para-hydroxylation sites is 2. The number of ether oxygens (including phenoxy) is 1. The first-order chi connectivity index (χ1) is 36.2. The first-order valence-corrected chi connectivity index (χ1v) is 24.4. The highest BCUT2D eigenvalue weighted by molar-refractivity contribution is 6.08. The normalized spacial score (nSPS) is 13.1. The fraction of sp³-hybridized carbons (Fsp3) is 0.271. The van der Waals surface area contributed by atoms with Crippen LogP contribution in [0.1, 0.15) is 83.0 Å². The Morgan fingerprint density at radius 1 is 0.688 bits per heavy atom. The number of alkyl halides is 6. The quantitative estimate of drug-likeness (QED) is 0.0552. The number of fused-ring (bicyclic) bond motifs is 5. The number of H-pyrrole nitrogens is 4. The summed E-state index contributed by atoms with van der Waals surface area (Å²) in [7, 11) is 3.62. The van der Waals surface area contributed by atoms with Crippen LogP contribution in [0.25, 0.3) is 54.5 Å². The van der Waals surface area contributed by atoms with Gasteiger partial charge in [-0.05, 0) is 132 Å². The van der Waals surface area contributed by atoms with Crippen molar-refractivity contribution >= 4 is 71.9 Å². The summed E-state index contributed by atoms with van der Waals surface area (Å²) in [6.45, 7) is 11.1. The summed E-state index contributed by atoms with van der Waals surface area (Å²) >= 11 is 0. The van der Waals surface area contributed by atoms with Crippen LogP contribution in [-0.2, 0) is 35.3 Å². The number of carbonyl (C=O) groups is 3.